The predicted molar refractivity (Wildman–Crippen MR) is 69.9 cm³/mol. The summed E-state index contributed by atoms with van der Waals surface area (Å²) in [4.78, 5) is 10.9. The lowest BCUT2D eigenvalue weighted by Crippen LogP contribution is -1.95. The molecule has 0 unspecified atom stereocenters. The van der Waals surface area contributed by atoms with Crippen LogP contribution in [0.2, 0.25) is 0 Å². The number of aromatic hydroxyl groups is 1. The number of hydrogen-bond acceptors (Lipinski definition) is 2. The summed E-state index contributed by atoms with van der Waals surface area (Å²) in [7, 11) is 0. The molecule has 0 aliphatic rings. The summed E-state index contributed by atoms with van der Waals surface area (Å²) in [5, 5.41) is 12.0. The van der Waals surface area contributed by atoms with Gasteiger partial charge in [-0.3, -0.25) is 4.79 Å². The normalized spacial score (nSPS) is 10.8. The van der Waals surface area contributed by atoms with Crippen molar-refractivity contribution in [1.29, 1.82) is 0 Å². The maximum Gasteiger partial charge on any atom is 0.153 e. The molecule has 2 nitrogen and oxygen atoms in total. The van der Waals surface area contributed by atoms with Crippen molar-refractivity contribution in [3.8, 4) is 5.75 Å². The molecule has 0 aliphatic heterocycles. The predicted octanol–water partition coefficient (Wildman–Crippen LogP) is 3.59. The van der Waals surface area contributed by atoms with Crippen LogP contribution >= 0.6 is 0 Å². The van der Waals surface area contributed by atoms with Crippen molar-refractivity contribution < 1.29 is 9.90 Å². The standard InChI is InChI=1S/C15H16O2/c1-8-9(2)11(4)14-13(10(8)3)6-5-12(7-16)15(14)17/h5-7,17H,1-4H3. The zero-order valence-electron chi connectivity index (χ0n) is 10.6. The first-order chi connectivity index (χ1) is 7.99. The minimum atomic E-state index is 0.0983. The minimum absolute atomic E-state index is 0.0983. The van der Waals surface area contributed by atoms with E-state index in [9.17, 15) is 9.90 Å². The summed E-state index contributed by atoms with van der Waals surface area (Å²) in [6, 6.07) is 3.58. The Morgan fingerprint density at radius 3 is 2.12 bits per heavy atom. The fourth-order valence-corrected chi connectivity index (χ4v) is 2.35. The summed E-state index contributed by atoms with van der Waals surface area (Å²) in [6.07, 6.45) is 0.693. The molecule has 0 fully saturated rings. The van der Waals surface area contributed by atoms with Crippen LogP contribution in [0.5, 0.6) is 5.75 Å². The largest absolute Gasteiger partial charge is 0.507 e. The van der Waals surface area contributed by atoms with Crippen molar-refractivity contribution in [2.24, 2.45) is 0 Å². The van der Waals surface area contributed by atoms with Gasteiger partial charge in [0.1, 0.15) is 5.75 Å². The van der Waals surface area contributed by atoms with Gasteiger partial charge >= 0.3 is 0 Å². The molecule has 2 rings (SSSR count). The number of phenols is 1. The number of aryl methyl sites for hydroxylation is 2. The van der Waals surface area contributed by atoms with Crippen LogP contribution in [0.1, 0.15) is 32.6 Å². The van der Waals surface area contributed by atoms with E-state index in [1.54, 1.807) is 6.07 Å². The topological polar surface area (TPSA) is 37.3 Å². The monoisotopic (exact) mass is 228 g/mol. The molecule has 0 aliphatic carbocycles. The van der Waals surface area contributed by atoms with E-state index in [1.807, 2.05) is 26.8 Å². The van der Waals surface area contributed by atoms with Gasteiger partial charge in [0, 0.05) is 5.39 Å². The smallest absolute Gasteiger partial charge is 0.153 e. The van der Waals surface area contributed by atoms with Crippen LogP contribution in [0, 0.1) is 27.7 Å². The third-order valence-electron chi connectivity index (χ3n) is 3.80. The van der Waals surface area contributed by atoms with E-state index >= 15 is 0 Å². The van der Waals surface area contributed by atoms with Crippen molar-refractivity contribution in [3.63, 3.8) is 0 Å². The van der Waals surface area contributed by atoms with Gasteiger partial charge in [-0.15, -0.1) is 0 Å². The first kappa shape index (κ1) is 11.6. The summed E-state index contributed by atoms with van der Waals surface area (Å²) < 4.78 is 0. The second-order valence-corrected chi connectivity index (χ2v) is 4.54. The zero-order valence-corrected chi connectivity index (χ0v) is 10.6. The molecule has 2 aromatic carbocycles. The molecule has 0 saturated carbocycles. The van der Waals surface area contributed by atoms with Gasteiger partial charge in [-0.25, -0.2) is 0 Å². The summed E-state index contributed by atoms with van der Waals surface area (Å²) in [5.41, 5.74) is 4.98. The summed E-state index contributed by atoms with van der Waals surface area (Å²) in [6.45, 7) is 8.16. The van der Waals surface area contributed by atoms with E-state index in [4.69, 9.17) is 0 Å². The molecule has 0 heterocycles. The molecular weight excluding hydrogens is 212 g/mol. The molecule has 0 atom stereocenters. The van der Waals surface area contributed by atoms with E-state index < -0.39 is 0 Å². The van der Waals surface area contributed by atoms with Crippen LogP contribution < -0.4 is 0 Å². The Morgan fingerprint density at radius 1 is 0.941 bits per heavy atom. The lowest BCUT2D eigenvalue weighted by atomic mass is 9.90. The van der Waals surface area contributed by atoms with E-state index in [2.05, 4.69) is 6.92 Å². The number of rotatable bonds is 1. The van der Waals surface area contributed by atoms with E-state index in [1.165, 1.54) is 11.1 Å². The van der Waals surface area contributed by atoms with Crippen LogP contribution in [0.25, 0.3) is 10.8 Å². The van der Waals surface area contributed by atoms with Crippen molar-refractivity contribution in [1.82, 2.24) is 0 Å². The highest BCUT2D eigenvalue weighted by atomic mass is 16.3. The SMILES string of the molecule is Cc1c(C)c(C)c2c(O)c(C=O)ccc2c1C. The van der Waals surface area contributed by atoms with Crippen LogP contribution in [0.3, 0.4) is 0 Å². The lowest BCUT2D eigenvalue weighted by molar-refractivity contribution is 0.112. The Labute approximate surface area is 101 Å². The van der Waals surface area contributed by atoms with Gasteiger partial charge in [0.15, 0.2) is 6.29 Å². The maximum atomic E-state index is 10.9. The first-order valence-electron chi connectivity index (χ1n) is 5.66. The molecule has 0 radical (unpaired) electrons. The zero-order chi connectivity index (χ0) is 12.7. The lowest BCUT2D eigenvalue weighted by Gasteiger charge is -2.15. The molecule has 88 valence electrons. The molecule has 0 aromatic heterocycles. The van der Waals surface area contributed by atoms with Crippen LogP contribution in [0.4, 0.5) is 0 Å². The van der Waals surface area contributed by atoms with Gasteiger partial charge in [0.05, 0.1) is 5.56 Å². The Balaban J connectivity index is 3.06. The Hall–Kier alpha value is -1.83. The van der Waals surface area contributed by atoms with Gasteiger partial charge in [-0.05, 0) is 61.4 Å². The van der Waals surface area contributed by atoms with Gasteiger partial charge < -0.3 is 5.11 Å². The van der Waals surface area contributed by atoms with E-state index in [0.717, 1.165) is 21.9 Å². The summed E-state index contributed by atoms with van der Waals surface area (Å²) >= 11 is 0. The number of benzene rings is 2. The number of hydrogen-bond donors (Lipinski definition) is 1. The second kappa shape index (κ2) is 3.88. The number of fused-ring (bicyclic) bond motifs is 1. The maximum absolute atomic E-state index is 10.9. The molecule has 0 saturated heterocycles. The van der Waals surface area contributed by atoms with Crippen LogP contribution in [-0.2, 0) is 0 Å². The van der Waals surface area contributed by atoms with Crippen LogP contribution in [-0.4, -0.2) is 11.4 Å². The number of aldehydes is 1. The van der Waals surface area contributed by atoms with Gasteiger partial charge in [-0.2, -0.15) is 0 Å². The highest BCUT2D eigenvalue weighted by molar-refractivity contribution is 6.00. The minimum Gasteiger partial charge on any atom is -0.507 e. The van der Waals surface area contributed by atoms with Gasteiger partial charge in [0.25, 0.3) is 0 Å². The van der Waals surface area contributed by atoms with Crippen molar-refractivity contribution in [3.05, 3.63) is 39.9 Å². The first-order valence-corrected chi connectivity index (χ1v) is 5.66. The third kappa shape index (κ3) is 1.52. The fraction of sp³-hybridized carbons (Fsp3) is 0.267. The molecular formula is C15H16O2. The Bertz CT molecular complexity index is 625. The van der Waals surface area contributed by atoms with Crippen molar-refractivity contribution in [2.45, 2.75) is 27.7 Å². The fourth-order valence-electron chi connectivity index (χ4n) is 2.35. The Morgan fingerprint density at radius 2 is 1.53 bits per heavy atom. The average Bonchev–Trinajstić information content (AvgIpc) is 2.33. The molecule has 2 heteroatoms. The van der Waals surface area contributed by atoms with Crippen molar-refractivity contribution in [2.75, 3.05) is 0 Å². The summed E-state index contributed by atoms with van der Waals surface area (Å²) in [5.74, 6) is 0.0983. The average molecular weight is 228 g/mol. The van der Waals surface area contributed by atoms with Crippen LogP contribution in [0.15, 0.2) is 12.1 Å². The van der Waals surface area contributed by atoms with E-state index in [0.29, 0.717) is 11.8 Å². The van der Waals surface area contributed by atoms with Gasteiger partial charge in [0.2, 0.25) is 0 Å². The van der Waals surface area contributed by atoms with Crippen molar-refractivity contribution >= 4 is 17.1 Å². The number of carbonyl (C=O) groups excluding carboxylic acids is 1. The molecule has 17 heavy (non-hydrogen) atoms. The molecule has 0 bridgehead atoms. The number of carbonyl (C=O) groups is 1. The quantitative estimate of drug-likeness (QED) is 0.757. The number of phenolic OH excluding ortho intramolecular Hbond substituents is 1. The second-order valence-electron chi connectivity index (χ2n) is 4.54. The molecule has 0 amide bonds. The highest BCUT2D eigenvalue weighted by Gasteiger charge is 2.14. The van der Waals surface area contributed by atoms with E-state index in [-0.39, 0.29) is 5.75 Å². The molecule has 0 spiro atoms. The van der Waals surface area contributed by atoms with Gasteiger partial charge in [-0.1, -0.05) is 6.07 Å². The molecule has 2 aromatic rings. The highest BCUT2D eigenvalue weighted by Crippen LogP contribution is 2.36. The third-order valence-corrected chi connectivity index (χ3v) is 3.80. The Kier molecular flexibility index (Phi) is 2.66. The molecule has 1 N–H and O–H groups in total.